The number of aliphatic hydroxyl groups excluding tert-OH is 1. The van der Waals surface area contributed by atoms with Crippen molar-refractivity contribution in [1.29, 1.82) is 0 Å². The highest BCUT2D eigenvalue weighted by Crippen LogP contribution is 2.45. The molecule has 0 radical (unpaired) electrons. The first kappa shape index (κ1) is 12.5. The van der Waals surface area contributed by atoms with Gasteiger partial charge in [-0.1, -0.05) is 6.07 Å². The van der Waals surface area contributed by atoms with Crippen molar-refractivity contribution in [2.45, 2.75) is 37.1 Å². The summed E-state index contributed by atoms with van der Waals surface area (Å²) < 4.78 is 5.30. The first-order valence-electron chi connectivity index (χ1n) is 6.81. The second-order valence-corrected chi connectivity index (χ2v) is 5.42. The number of benzene rings is 1. The standard InChI is InChI=1S/C15H19NO3/c1-19-10-2-3-11-9-6-14(16-15(18)7-9)12(4-5-17)13(11)8-10/h2-3,8-9,12,14,17H,4-7H2,1H3,(H,16,18)/t9-,12+,14-/m1/s1. The molecule has 1 aromatic carbocycles. The molecular formula is C15H19NO3. The number of methoxy groups -OCH3 is 1. The van der Waals surface area contributed by atoms with Crippen LogP contribution < -0.4 is 10.1 Å². The Bertz CT molecular complexity index is 500. The molecule has 0 saturated carbocycles. The van der Waals surface area contributed by atoms with Crippen molar-refractivity contribution < 1.29 is 14.6 Å². The summed E-state index contributed by atoms with van der Waals surface area (Å²) in [5, 5.41) is 12.4. The van der Waals surface area contributed by atoms with Crippen LogP contribution in [0, 0.1) is 0 Å². The number of carbonyl (C=O) groups is 1. The minimum atomic E-state index is 0.130. The van der Waals surface area contributed by atoms with Crippen molar-refractivity contribution in [3.8, 4) is 5.75 Å². The van der Waals surface area contributed by atoms with E-state index in [9.17, 15) is 9.90 Å². The molecule has 102 valence electrons. The number of nitrogens with one attached hydrogen (secondary N) is 1. The number of hydrogen-bond donors (Lipinski definition) is 2. The monoisotopic (exact) mass is 261 g/mol. The average molecular weight is 261 g/mol. The Kier molecular flexibility index (Phi) is 3.19. The predicted octanol–water partition coefficient (Wildman–Crippen LogP) is 1.54. The van der Waals surface area contributed by atoms with Crippen LogP contribution in [0.4, 0.5) is 0 Å². The summed E-state index contributed by atoms with van der Waals surface area (Å²) in [5.74, 6) is 1.48. The highest BCUT2D eigenvalue weighted by atomic mass is 16.5. The summed E-state index contributed by atoms with van der Waals surface area (Å²) in [6.45, 7) is 0.137. The predicted molar refractivity (Wildman–Crippen MR) is 71.3 cm³/mol. The van der Waals surface area contributed by atoms with Gasteiger partial charge in [-0.15, -0.1) is 0 Å². The molecule has 3 rings (SSSR count). The Morgan fingerprint density at radius 3 is 3.00 bits per heavy atom. The summed E-state index contributed by atoms with van der Waals surface area (Å²) in [7, 11) is 1.66. The maximum atomic E-state index is 11.8. The van der Waals surface area contributed by atoms with Gasteiger partial charge in [0.15, 0.2) is 0 Å². The summed E-state index contributed by atoms with van der Waals surface area (Å²) in [5.41, 5.74) is 2.49. The molecule has 1 aliphatic heterocycles. The van der Waals surface area contributed by atoms with E-state index in [0.29, 0.717) is 18.8 Å². The van der Waals surface area contributed by atoms with Crippen LogP contribution in [0.25, 0.3) is 0 Å². The third-order valence-corrected chi connectivity index (χ3v) is 4.38. The second kappa shape index (κ2) is 4.85. The SMILES string of the molecule is COc1ccc2c(c1)[C@H](CCO)[C@H]1C[C@@H]2CC(=O)N1. The van der Waals surface area contributed by atoms with E-state index in [-0.39, 0.29) is 24.5 Å². The topological polar surface area (TPSA) is 58.6 Å². The Balaban J connectivity index is 2.06. The van der Waals surface area contributed by atoms with Crippen molar-refractivity contribution in [3.05, 3.63) is 29.3 Å². The smallest absolute Gasteiger partial charge is 0.220 e. The van der Waals surface area contributed by atoms with Crippen LogP contribution >= 0.6 is 0 Å². The van der Waals surface area contributed by atoms with Gasteiger partial charge in [0.2, 0.25) is 5.91 Å². The van der Waals surface area contributed by atoms with Gasteiger partial charge in [-0.2, -0.15) is 0 Å². The first-order valence-corrected chi connectivity index (χ1v) is 6.81. The van der Waals surface area contributed by atoms with Gasteiger partial charge in [0.05, 0.1) is 7.11 Å². The number of ether oxygens (including phenoxy) is 1. The minimum absolute atomic E-state index is 0.130. The van der Waals surface area contributed by atoms with Gasteiger partial charge >= 0.3 is 0 Å². The Morgan fingerprint density at radius 2 is 2.26 bits per heavy atom. The van der Waals surface area contributed by atoms with Crippen molar-refractivity contribution in [3.63, 3.8) is 0 Å². The van der Waals surface area contributed by atoms with Crippen molar-refractivity contribution in [2.75, 3.05) is 13.7 Å². The second-order valence-electron chi connectivity index (χ2n) is 5.42. The van der Waals surface area contributed by atoms with Gasteiger partial charge in [0.1, 0.15) is 5.75 Å². The number of hydrogen-bond acceptors (Lipinski definition) is 3. The van der Waals surface area contributed by atoms with Crippen LogP contribution in [-0.4, -0.2) is 30.8 Å². The van der Waals surface area contributed by atoms with Crippen LogP contribution in [0.5, 0.6) is 5.75 Å². The quantitative estimate of drug-likeness (QED) is 0.867. The minimum Gasteiger partial charge on any atom is -0.497 e. The lowest BCUT2D eigenvalue weighted by Gasteiger charge is -2.42. The molecule has 1 fully saturated rings. The van der Waals surface area contributed by atoms with Gasteiger partial charge in [-0.3, -0.25) is 4.79 Å². The third-order valence-electron chi connectivity index (χ3n) is 4.38. The summed E-state index contributed by atoms with van der Waals surface area (Å²) in [6, 6.07) is 6.25. The molecule has 2 bridgehead atoms. The Hall–Kier alpha value is -1.55. The number of carbonyl (C=O) groups excluding carboxylic acids is 1. The maximum Gasteiger partial charge on any atom is 0.220 e. The van der Waals surface area contributed by atoms with Gasteiger partial charge in [-0.25, -0.2) is 0 Å². The Morgan fingerprint density at radius 1 is 1.42 bits per heavy atom. The molecule has 1 saturated heterocycles. The van der Waals surface area contributed by atoms with E-state index in [4.69, 9.17) is 4.74 Å². The van der Waals surface area contributed by atoms with Crippen LogP contribution in [0.1, 0.15) is 42.2 Å². The fraction of sp³-hybridized carbons (Fsp3) is 0.533. The third kappa shape index (κ3) is 2.10. The molecule has 2 aliphatic rings. The number of amides is 1. The fourth-order valence-corrected chi connectivity index (χ4v) is 3.53. The molecular weight excluding hydrogens is 242 g/mol. The summed E-state index contributed by atoms with van der Waals surface area (Å²) >= 11 is 0. The summed E-state index contributed by atoms with van der Waals surface area (Å²) in [4.78, 5) is 11.8. The molecule has 0 aromatic heterocycles. The molecule has 1 aromatic rings. The molecule has 2 N–H and O–H groups in total. The molecule has 1 heterocycles. The van der Waals surface area contributed by atoms with Crippen molar-refractivity contribution in [1.82, 2.24) is 5.32 Å². The van der Waals surface area contributed by atoms with Crippen molar-refractivity contribution in [2.24, 2.45) is 0 Å². The molecule has 0 spiro atoms. The number of aliphatic hydroxyl groups is 1. The van der Waals surface area contributed by atoms with Crippen molar-refractivity contribution >= 4 is 5.91 Å². The van der Waals surface area contributed by atoms with E-state index >= 15 is 0 Å². The molecule has 3 atom stereocenters. The molecule has 19 heavy (non-hydrogen) atoms. The zero-order valence-corrected chi connectivity index (χ0v) is 11.1. The highest BCUT2D eigenvalue weighted by molar-refractivity contribution is 5.79. The molecule has 4 heteroatoms. The maximum absolute atomic E-state index is 11.8. The lowest BCUT2D eigenvalue weighted by molar-refractivity contribution is -0.124. The Labute approximate surface area is 112 Å². The number of piperidine rings is 1. The number of rotatable bonds is 3. The normalized spacial score (nSPS) is 28.5. The van der Waals surface area contributed by atoms with Gasteiger partial charge in [-0.05, 0) is 42.0 Å². The van der Waals surface area contributed by atoms with Crippen LogP contribution in [0.2, 0.25) is 0 Å². The lowest BCUT2D eigenvalue weighted by atomic mass is 9.69. The van der Waals surface area contributed by atoms with Crippen LogP contribution in [-0.2, 0) is 4.79 Å². The zero-order chi connectivity index (χ0) is 13.4. The van der Waals surface area contributed by atoms with Gasteiger partial charge in [0, 0.05) is 25.0 Å². The number of fused-ring (bicyclic) bond motifs is 4. The molecule has 1 aliphatic carbocycles. The van der Waals surface area contributed by atoms with E-state index in [2.05, 4.69) is 17.4 Å². The van der Waals surface area contributed by atoms with E-state index in [1.165, 1.54) is 11.1 Å². The first-order chi connectivity index (χ1) is 9.22. The molecule has 0 unspecified atom stereocenters. The van der Waals surface area contributed by atoms with E-state index in [0.717, 1.165) is 12.2 Å². The summed E-state index contributed by atoms with van der Waals surface area (Å²) in [6.07, 6.45) is 2.23. The van der Waals surface area contributed by atoms with Crippen LogP contribution in [0.15, 0.2) is 18.2 Å². The molecule has 4 nitrogen and oxygen atoms in total. The largest absolute Gasteiger partial charge is 0.497 e. The van der Waals surface area contributed by atoms with Crippen LogP contribution in [0.3, 0.4) is 0 Å². The van der Waals surface area contributed by atoms with E-state index in [1.807, 2.05) is 6.07 Å². The average Bonchev–Trinajstić information content (AvgIpc) is 2.42. The lowest BCUT2D eigenvalue weighted by Crippen LogP contribution is -2.48. The fourth-order valence-electron chi connectivity index (χ4n) is 3.53. The highest BCUT2D eigenvalue weighted by Gasteiger charge is 2.39. The van der Waals surface area contributed by atoms with Gasteiger partial charge in [0.25, 0.3) is 0 Å². The van der Waals surface area contributed by atoms with E-state index in [1.54, 1.807) is 7.11 Å². The molecule has 1 amide bonds. The van der Waals surface area contributed by atoms with Gasteiger partial charge < -0.3 is 15.2 Å². The zero-order valence-electron chi connectivity index (χ0n) is 11.1. The van der Waals surface area contributed by atoms with E-state index < -0.39 is 0 Å².